The average Bonchev–Trinajstić information content (AvgIpc) is 2.79. The maximum Gasteiger partial charge on any atom is 0.168 e. The lowest BCUT2D eigenvalue weighted by molar-refractivity contribution is 0.581. The largest absolute Gasteiger partial charge is 0.371 e. The molecule has 0 aliphatic heterocycles. The van der Waals surface area contributed by atoms with Crippen LogP contribution in [0, 0.1) is 5.82 Å². The highest BCUT2D eigenvalue weighted by molar-refractivity contribution is 7.79. The maximum absolute atomic E-state index is 14.9. The Morgan fingerprint density at radius 2 is 1.07 bits per heavy atom. The monoisotopic (exact) mass is 401 g/mol. The molecule has 0 fully saturated rings. The standard InChI is InChI=1S/C25H21FNOP/c26-21-18-16-20(17-19-21)25(27-22-10-4-1-5-11-22)29(28,23-12-6-2-7-13-23)24-14-8-3-9-15-24/h1-19,25,27H. The van der Waals surface area contributed by atoms with E-state index in [2.05, 4.69) is 5.32 Å². The molecule has 1 N–H and O–H groups in total. The van der Waals surface area contributed by atoms with Gasteiger partial charge in [0.2, 0.25) is 0 Å². The predicted octanol–water partition coefficient (Wildman–Crippen LogP) is 5.95. The van der Waals surface area contributed by atoms with Crippen LogP contribution in [0.15, 0.2) is 115 Å². The molecule has 29 heavy (non-hydrogen) atoms. The number of para-hydroxylation sites is 1. The Kier molecular flexibility index (Phi) is 5.59. The molecule has 0 spiro atoms. The average molecular weight is 401 g/mol. The van der Waals surface area contributed by atoms with Crippen molar-refractivity contribution >= 4 is 23.4 Å². The second kappa shape index (κ2) is 8.46. The molecular formula is C25H21FNOP. The summed E-state index contributed by atoms with van der Waals surface area (Å²) >= 11 is 0. The lowest BCUT2D eigenvalue weighted by atomic mass is 10.2. The van der Waals surface area contributed by atoms with Gasteiger partial charge in [0.15, 0.2) is 7.14 Å². The van der Waals surface area contributed by atoms with E-state index in [-0.39, 0.29) is 5.82 Å². The number of halogens is 1. The van der Waals surface area contributed by atoms with Gasteiger partial charge in [-0.2, -0.15) is 0 Å². The van der Waals surface area contributed by atoms with E-state index in [0.717, 1.165) is 21.9 Å². The van der Waals surface area contributed by atoms with Crippen LogP contribution in [-0.2, 0) is 4.57 Å². The summed E-state index contributed by atoms with van der Waals surface area (Å²) in [5.74, 6) is -0.864. The lowest BCUT2D eigenvalue weighted by Gasteiger charge is -2.31. The molecule has 144 valence electrons. The van der Waals surface area contributed by atoms with Crippen LogP contribution in [0.5, 0.6) is 0 Å². The van der Waals surface area contributed by atoms with Crippen molar-refractivity contribution in [3.05, 3.63) is 127 Å². The van der Waals surface area contributed by atoms with Crippen LogP contribution in [0.2, 0.25) is 0 Å². The summed E-state index contributed by atoms with van der Waals surface area (Å²) in [6.45, 7) is 0. The van der Waals surface area contributed by atoms with E-state index in [1.165, 1.54) is 12.1 Å². The molecule has 0 saturated heterocycles. The highest BCUT2D eigenvalue weighted by Crippen LogP contribution is 2.57. The second-order valence-electron chi connectivity index (χ2n) is 6.79. The first kappa shape index (κ1) is 19.2. The predicted molar refractivity (Wildman–Crippen MR) is 119 cm³/mol. The van der Waals surface area contributed by atoms with Gasteiger partial charge in [-0.1, -0.05) is 91.0 Å². The molecule has 4 rings (SSSR count). The first-order valence-electron chi connectivity index (χ1n) is 9.46. The molecule has 0 aromatic heterocycles. The fourth-order valence-corrected chi connectivity index (χ4v) is 6.52. The topological polar surface area (TPSA) is 29.1 Å². The van der Waals surface area contributed by atoms with Crippen molar-refractivity contribution in [1.82, 2.24) is 0 Å². The molecular weight excluding hydrogens is 380 g/mol. The first-order valence-corrected chi connectivity index (χ1v) is 11.2. The number of nitrogens with one attached hydrogen (secondary N) is 1. The highest BCUT2D eigenvalue weighted by atomic mass is 31.2. The van der Waals surface area contributed by atoms with Crippen molar-refractivity contribution in [1.29, 1.82) is 0 Å². The first-order chi connectivity index (χ1) is 14.2. The number of anilines is 1. The normalized spacial score (nSPS) is 12.3. The zero-order valence-corrected chi connectivity index (χ0v) is 16.7. The molecule has 4 aromatic rings. The van der Waals surface area contributed by atoms with Crippen molar-refractivity contribution in [2.24, 2.45) is 0 Å². The fourth-order valence-electron chi connectivity index (χ4n) is 3.47. The summed E-state index contributed by atoms with van der Waals surface area (Å²) < 4.78 is 28.5. The number of hydrogen-bond acceptors (Lipinski definition) is 2. The zero-order chi connectivity index (χ0) is 20.1. The Morgan fingerprint density at radius 1 is 0.621 bits per heavy atom. The van der Waals surface area contributed by atoms with Gasteiger partial charge in [0.05, 0.1) is 0 Å². The van der Waals surface area contributed by atoms with Crippen molar-refractivity contribution in [3.8, 4) is 0 Å². The molecule has 4 heteroatoms. The van der Waals surface area contributed by atoms with Crippen molar-refractivity contribution < 1.29 is 8.96 Å². The summed E-state index contributed by atoms with van der Waals surface area (Å²) in [6, 6.07) is 34.9. The Balaban J connectivity index is 1.93. The Labute approximate surface area is 170 Å². The van der Waals surface area contributed by atoms with Crippen LogP contribution in [0.4, 0.5) is 10.1 Å². The quantitative estimate of drug-likeness (QED) is 0.405. The minimum Gasteiger partial charge on any atom is -0.371 e. The number of benzene rings is 4. The van der Waals surface area contributed by atoms with Crippen LogP contribution in [0.3, 0.4) is 0 Å². The lowest BCUT2D eigenvalue weighted by Crippen LogP contribution is -2.25. The van der Waals surface area contributed by atoms with Gasteiger partial charge in [-0.15, -0.1) is 0 Å². The van der Waals surface area contributed by atoms with Gasteiger partial charge in [0.1, 0.15) is 11.6 Å². The third-order valence-electron chi connectivity index (χ3n) is 4.91. The van der Waals surface area contributed by atoms with Crippen LogP contribution in [-0.4, -0.2) is 0 Å². The van der Waals surface area contributed by atoms with Gasteiger partial charge in [0.25, 0.3) is 0 Å². The van der Waals surface area contributed by atoms with Crippen LogP contribution in [0.25, 0.3) is 0 Å². The van der Waals surface area contributed by atoms with Crippen molar-refractivity contribution in [2.75, 3.05) is 5.32 Å². The van der Waals surface area contributed by atoms with E-state index in [4.69, 9.17) is 0 Å². The van der Waals surface area contributed by atoms with Crippen molar-refractivity contribution in [2.45, 2.75) is 5.78 Å². The molecule has 2 nitrogen and oxygen atoms in total. The van der Waals surface area contributed by atoms with Crippen LogP contribution < -0.4 is 15.9 Å². The summed E-state index contributed by atoms with van der Waals surface area (Å²) in [6.07, 6.45) is 0. The second-order valence-corrected chi connectivity index (χ2v) is 9.66. The van der Waals surface area contributed by atoms with E-state index in [1.54, 1.807) is 12.1 Å². The third kappa shape index (κ3) is 4.01. The van der Waals surface area contributed by atoms with Gasteiger partial charge in [-0.25, -0.2) is 4.39 Å². The molecule has 0 amide bonds. The SMILES string of the molecule is O=P(c1ccccc1)(c1ccccc1)C(Nc1ccccc1)c1ccc(F)cc1. The molecule has 0 saturated carbocycles. The molecule has 0 aliphatic rings. The third-order valence-corrected chi connectivity index (χ3v) is 8.19. The van der Waals surface area contributed by atoms with E-state index in [0.29, 0.717) is 0 Å². The number of rotatable bonds is 6. The summed E-state index contributed by atoms with van der Waals surface area (Å²) in [5.41, 5.74) is 1.63. The molecule has 0 heterocycles. The summed E-state index contributed by atoms with van der Waals surface area (Å²) in [5, 5.41) is 4.97. The van der Waals surface area contributed by atoms with Crippen molar-refractivity contribution in [3.63, 3.8) is 0 Å². The Morgan fingerprint density at radius 3 is 1.55 bits per heavy atom. The molecule has 0 aliphatic carbocycles. The summed E-state index contributed by atoms with van der Waals surface area (Å²) in [7, 11) is -3.17. The van der Waals surface area contributed by atoms with Gasteiger partial charge in [0, 0.05) is 16.3 Å². The molecule has 0 radical (unpaired) electrons. The van der Waals surface area contributed by atoms with E-state index in [1.807, 2.05) is 91.0 Å². The van der Waals surface area contributed by atoms with E-state index in [9.17, 15) is 8.96 Å². The van der Waals surface area contributed by atoms with Gasteiger partial charge in [-0.05, 0) is 29.8 Å². The molecule has 0 bridgehead atoms. The Bertz CT molecular complexity index is 1060. The minimum atomic E-state index is -3.17. The Hall–Kier alpha value is -3.16. The van der Waals surface area contributed by atoms with Gasteiger partial charge in [-0.3, -0.25) is 0 Å². The molecule has 1 unspecified atom stereocenters. The van der Waals surface area contributed by atoms with Crippen LogP contribution in [0.1, 0.15) is 11.3 Å². The van der Waals surface area contributed by atoms with E-state index < -0.39 is 12.9 Å². The van der Waals surface area contributed by atoms with Gasteiger partial charge >= 0.3 is 0 Å². The minimum absolute atomic E-state index is 0.318. The van der Waals surface area contributed by atoms with Crippen LogP contribution >= 0.6 is 7.14 Å². The number of hydrogen-bond donors (Lipinski definition) is 1. The molecule has 1 atom stereocenters. The van der Waals surface area contributed by atoms with E-state index >= 15 is 0 Å². The summed E-state index contributed by atoms with van der Waals surface area (Å²) in [4.78, 5) is 0. The zero-order valence-electron chi connectivity index (χ0n) is 15.8. The molecule has 4 aromatic carbocycles. The highest BCUT2D eigenvalue weighted by Gasteiger charge is 2.38. The smallest absolute Gasteiger partial charge is 0.168 e. The van der Waals surface area contributed by atoms with Gasteiger partial charge < -0.3 is 9.88 Å². The fraction of sp³-hybridized carbons (Fsp3) is 0.0400. The maximum atomic E-state index is 14.9.